The van der Waals surface area contributed by atoms with Crippen molar-refractivity contribution < 1.29 is 4.79 Å². The van der Waals surface area contributed by atoms with E-state index in [0.717, 1.165) is 62.5 Å². The number of benzene rings is 1. The molecule has 1 saturated carbocycles. The molecule has 0 aliphatic heterocycles. The third kappa shape index (κ3) is 5.44. The lowest BCUT2D eigenvalue weighted by Gasteiger charge is -2.31. The first-order chi connectivity index (χ1) is 14.0. The van der Waals surface area contributed by atoms with E-state index in [-0.39, 0.29) is 35.3 Å². The number of nitrogens with one attached hydrogen (secondary N) is 2. The number of amides is 1. The van der Waals surface area contributed by atoms with E-state index in [0.29, 0.717) is 6.54 Å². The average Bonchev–Trinajstić information content (AvgIpc) is 3.32. The Morgan fingerprint density at radius 1 is 1.23 bits per heavy atom. The van der Waals surface area contributed by atoms with Crippen molar-refractivity contribution in [2.45, 2.75) is 45.6 Å². The van der Waals surface area contributed by atoms with Crippen molar-refractivity contribution in [1.82, 2.24) is 25.1 Å². The van der Waals surface area contributed by atoms with Crippen molar-refractivity contribution in [3.05, 3.63) is 30.1 Å². The zero-order valence-electron chi connectivity index (χ0n) is 18.6. The molecule has 0 atom stereocenters. The van der Waals surface area contributed by atoms with Crippen LogP contribution in [0.4, 0.5) is 0 Å². The summed E-state index contributed by atoms with van der Waals surface area (Å²) in [7, 11) is 5.46. The molecule has 166 valence electrons. The van der Waals surface area contributed by atoms with Crippen LogP contribution in [-0.2, 0) is 11.3 Å². The number of hydrogen-bond acceptors (Lipinski definition) is 3. The van der Waals surface area contributed by atoms with Crippen LogP contribution in [0.25, 0.3) is 11.0 Å². The van der Waals surface area contributed by atoms with E-state index in [2.05, 4.69) is 50.3 Å². The fraction of sp³-hybridized carbons (Fsp3) is 0.591. The first kappa shape index (κ1) is 24.4. The van der Waals surface area contributed by atoms with Crippen LogP contribution in [0.3, 0.4) is 0 Å². The Morgan fingerprint density at radius 3 is 2.60 bits per heavy atom. The van der Waals surface area contributed by atoms with Gasteiger partial charge >= 0.3 is 0 Å². The Bertz CT molecular complexity index is 870. The molecule has 0 unspecified atom stereocenters. The number of carbonyl (C=O) groups excluding carboxylic acids is 1. The number of rotatable bonds is 7. The lowest BCUT2D eigenvalue weighted by atomic mass is 9.84. The fourth-order valence-electron chi connectivity index (χ4n) is 4.39. The smallest absolute Gasteiger partial charge is 0.230 e. The predicted molar refractivity (Wildman–Crippen MR) is 133 cm³/mol. The Morgan fingerprint density at radius 2 is 1.93 bits per heavy atom. The van der Waals surface area contributed by atoms with Gasteiger partial charge in [-0.05, 0) is 38.3 Å². The van der Waals surface area contributed by atoms with E-state index in [1.807, 2.05) is 20.2 Å². The Kier molecular flexibility index (Phi) is 8.93. The largest absolute Gasteiger partial charge is 0.356 e. The standard InChI is InChI=1S/C22H34N6O.HI/c1-17-26-18-10-5-6-11-19(18)28(17)15-9-14-24-21(23-2)25-16-22(12-7-8-13-22)20(29)27(3)4;/h5-6,10-11H,7-9,12-16H2,1-4H3,(H2,23,24,25);1H. The zero-order chi connectivity index (χ0) is 20.9. The first-order valence-corrected chi connectivity index (χ1v) is 10.5. The minimum absolute atomic E-state index is 0. The van der Waals surface area contributed by atoms with Crippen molar-refractivity contribution in [3.8, 4) is 0 Å². The number of halogens is 1. The molecule has 2 N–H and O–H groups in total. The number of fused-ring (bicyclic) bond motifs is 1. The third-order valence-electron chi connectivity index (χ3n) is 5.93. The number of hydrogen-bond donors (Lipinski definition) is 2. The van der Waals surface area contributed by atoms with Gasteiger partial charge in [0.25, 0.3) is 0 Å². The highest BCUT2D eigenvalue weighted by molar-refractivity contribution is 14.0. The summed E-state index contributed by atoms with van der Waals surface area (Å²) in [4.78, 5) is 23.4. The van der Waals surface area contributed by atoms with Crippen LogP contribution in [0.15, 0.2) is 29.3 Å². The fourth-order valence-corrected chi connectivity index (χ4v) is 4.39. The molecule has 2 aromatic rings. The van der Waals surface area contributed by atoms with Gasteiger partial charge in [-0.15, -0.1) is 24.0 Å². The van der Waals surface area contributed by atoms with Crippen LogP contribution >= 0.6 is 24.0 Å². The van der Waals surface area contributed by atoms with Gasteiger partial charge in [0.05, 0.1) is 16.4 Å². The molecular weight excluding hydrogens is 491 g/mol. The normalized spacial score (nSPS) is 15.7. The molecule has 1 heterocycles. The molecule has 0 radical (unpaired) electrons. The van der Waals surface area contributed by atoms with Gasteiger partial charge in [0.15, 0.2) is 5.96 Å². The van der Waals surface area contributed by atoms with Crippen LogP contribution < -0.4 is 10.6 Å². The van der Waals surface area contributed by atoms with Crippen LogP contribution in [-0.4, -0.2) is 60.6 Å². The van der Waals surface area contributed by atoms with E-state index in [1.165, 1.54) is 5.52 Å². The van der Waals surface area contributed by atoms with E-state index >= 15 is 0 Å². The number of imidazole rings is 1. The monoisotopic (exact) mass is 526 g/mol. The maximum atomic E-state index is 12.7. The third-order valence-corrected chi connectivity index (χ3v) is 5.93. The molecule has 7 nitrogen and oxygen atoms in total. The molecule has 1 aliphatic carbocycles. The van der Waals surface area contributed by atoms with Crippen molar-refractivity contribution >= 4 is 46.9 Å². The van der Waals surface area contributed by atoms with Gasteiger partial charge in [0.2, 0.25) is 5.91 Å². The number of aryl methyl sites for hydroxylation is 2. The topological polar surface area (TPSA) is 74.5 Å². The van der Waals surface area contributed by atoms with Gasteiger partial charge in [-0.1, -0.05) is 25.0 Å². The molecule has 8 heteroatoms. The number of carbonyl (C=O) groups is 1. The number of nitrogens with zero attached hydrogens (tertiary/aromatic N) is 4. The maximum absolute atomic E-state index is 12.7. The molecule has 0 spiro atoms. The molecule has 30 heavy (non-hydrogen) atoms. The van der Waals surface area contributed by atoms with Crippen molar-refractivity contribution in [2.24, 2.45) is 10.4 Å². The summed E-state index contributed by atoms with van der Waals surface area (Å²) in [5.74, 6) is 2.02. The van der Waals surface area contributed by atoms with Crippen LogP contribution in [0.5, 0.6) is 0 Å². The quantitative estimate of drug-likeness (QED) is 0.252. The second-order valence-corrected chi connectivity index (χ2v) is 8.19. The molecule has 0 bridgehead atoms. The second kappa shape index (κ2) is 11.0. The highest BCUT2D eigenvalue weighted by atomic mass is 127. The molecule has 1 amide bonds. The summed E-state index contributed by atoms with van der Waals surface area (Å²) in [6.07, 6.45) is 5.09. The predicted octanol–water partition coefficient (Wildman–Crippen LogP) is 3.17. The van der Waals surface area contributed by atoms with Gasteiger partial charge in [-0.3, -0.25) is 9.79 Å². The van der Waals surface area contributed by atoms with Gasteiger partial charge < -0.3 is 20.1 Å². The van der Waals surface area contributed by atoms with E-state index in [9.17, 15) is 4.79 Å². The van der Waals surface area contributed by atoms with Gasteiger partial charge in [0.1, 0.15) is 5.82 Å². The summed E-state index contributed by atoms with van der Waals surface area (Å²) in [6.45, 7) is 4.39. The van der Waals surface area contributed by atoms with Gasteiger partial charge in [-0.25, -0.2) is 4.98 Å². The van der Waals surface area contributed by atoms with Crippen molar-refractivity contribution in [2.75, 3.05) is 34.2 Å². The van der Waals surface area contributed by atoms with Crippen LogP contribution in [0, 0.1) is 12.3 Å². The summed E-state index contributed by atoms with van der Waals surface area (Å²) < 4.78 is 2.26. The summed E-state index contributed by atoms with van der Waals surface area (Å²) >= 11 is 0. The first-order valence-electron chi connectivity index (χ1n) is 10.5. The van der Waals surface area contributed by atoms with Gasteiger partial charge in [0, 0.05) is 40.8 Å². The molecular formula is C22H35IN6O. The Balaban J connectivity index is 0.00000320. The molecule has 1 aliphatic rings. The van der Waals surface area contributed by atoms with Gasteiger partial charge in [-0.2, -0.15) is 0 Å². The summed E-state index contributed by atoms with van der Waals surface area (Å²) in [5, 5.41) is 6.78. The Hall–Kier alpha value is -1.84. The van der Waals surface area contributed by atoms with E-state index in [1.54, 1.807) is 11.9 Å². The molecule has 1 aromatic carbocycles. The van der Waals surface area contributed by atoms with E-state index in [4.69, 9.17) is 0 Å². The summed E-state index contributed by atoms with van der Waals surface area (Å²) in [5.41, 5.74) is 1.93. The SMILES string of the molecule is CN=C(NCCCn1c(C)nc2ccccc21)NCC1(C(=O)N(C)C)CCCC1.I. The lowest BCUT2D eigenvalue weighted by Crippen LogP contribution is -2.49. The highest BCUT2D eigenvalue weighted by Gasteiger charge is 2.42. The zero-order valence-corrected chi connectivity index (χ0v) is 20.9. The highest BCUT2D eigenvalue weighted by Crippen LogP contribution is 2.38. The number of para-hydroxylation sites is 2. The molecule has 1 fully saturated rings. The number of aliphatic imine (C=N–C) groups is 1. The minimum Gasteiger partial charge on any atom is -0.356 e. The van der Waals surface area contributed by atoms with Crippen molar-refractivity contribution in [3.63, 3.8) is 0 Å². The summed E-state index contributed by atoms with van der Waals surface area (Å²) in [6, 6.07) is 8.25. The average molecular weight is 526 g/mol. The molecule has 1 aromatic heterocycles. The number of aromatic nitrogens is 2. The second-order valence-electron chi connectivity index (χ2n) is 8.19. The number of guanidine groups is 1. The van der Waals surface area contributed by atoms with E-state index < -0.39 is 0 Å². The minimum atomic E-state index is -0.298. The molecule has 3 rings (SSSR count). The molecule has 0 saturated heterocycles. The Labute approximate surface area is 196 Å². The van der Waals surface area contributed by atoms with Crippen LogP contribution in [0.1, 0.15) is 37.9 Å². The maximum Gasteiger partial charge on any atom is 0.230 e. The van der Waals surface area contributed by atoms with Crippen LogP contribution in [0.2, 0.25) is 0 Å². The van der Waals surface area contributed by atoms with Crippen molar-refractivity contribution in [1.29, 1.82) is 0 Å². The lowest BCUT2D eigenvalue weighted by molar-refractivity contribution is -0.138.